The van der Waals surface area contributed by atoms with Gasteiger partial charge in [0.25, 0.3) is 0 Å². The Hall–Kier alpha value is -3.21. The van der Waals surface area contributed by atoms with Gasteiger partial charge in [0, 0.05) is 5.56 Å². The van der Waals surface area contributed by atoms with Crippen molar-refractivity contribution < 1.29 is 22.6 Å². The molecule has 1 saturated carbocycles. The molecule has 0 spiro atoms. The number of rotatable bonds is 8. The van der Waals surface area contributed by atoms with E-state index in [1.807, 2.05) is 0 Å². The van der Waals surface area contributed by atoms with E-state index in [9.17, 15) is 13.2 Å². The van der Waals surface area contributed by atoms with E-state index in [2.05, 4.69) is 13.5 Å². The maximum Gasteiger partial charge on any atom is 0.166 e. The fourth-order valence-electron chi connectivity index (χ4n) is 4.47. The van der Waals surface area contributed by atoms with E-state index in [-0.39, 0.29) is 30.4 Å². The summed E-state index contributed by atoms with van der Waals surface area (Å²) in [6, 6.07) is 14.8. The van der Waals surface area contributed by atoms with Crippen molar-refractivity contribution in [2.45, 2.75) is 45.1 Å². The maximum absolute atomic E-state index is 14.9. The van der Waals surface area contributed by atoms with Crippen LogP contribution in [0.15, 0.2) is 67.3 Å². The molecule has 3 aromatic carbocycles. The van der Waals surface area contributed by atoms with Gasteiger partial charge in [0.05, 0.1) is 0 Å². The summed E-state index contributed by atoms with van der Waals surface area (Å²) in [7, 11) is 0. The third-order valence-electron chi connectivity index (χ3n) is 6.49. The van der Waals surface area contributed by atoms with Gasteiger partial charge in [-0.05, 0) is 65.6 Å². The molecule has 0 amide bonds. The van der Waals surface area contributed by atoms with Crippen LogP contribution in [0.25, 0.3) is 11.1 Å². The third kappa shape index (κ3) is 5.46. The number of benzene rings is 3. The van der Waals surface area contributed by atoms with Crippen LogP contribution < -0.4 is 9.47 Å². The summed E-state index contributed by atoms with van der Waals surface area (Å²) in [5.74, 6) is -0.570. The highest BCUT2D eigenvalue weighted by Crippen LogP contribution is 2.38. The van der Waals surface area contributed by atoms with E-state index in [4.69, 9.17) is 9.47 Å². The van der Waals surface area contributed by atoms with E-state index >= 15 is 0 Å². The highest BCUT2D eigenvalue weighted by atomic mass is 19.2. The molecule has 0 heterocycles. The lowest BCUT2D eigenvalue weighted by atomic mass is 9.79. The predicted molar refractivity (Wildman–Crippen MR) is 129 cm³/mol. The zero-order chi connectivity index (χ0) is 24.1. The van der Waals surface area contributed by atoms with Crippen molar-refractivity contribution in [2.24, 2.45) is 5.92 Å². The van der Waals surface area contributed by atoms with Crippen LogP contribution in [0.5, 0.6) is 11.5 Å². The van der Waals surface area contributed by atoms with Crippen molar-refractivity contribution in [1.82, 2.24) is 0 Å². The first-order valence-electron chi connectivity index (χ1n) is 11.7. The summed E-state index contributed by atoms with van der Waals surface area (Å²) in [5, 5.41) is 0. The summed E-state index contributed by atoms with van der Waals surface area (Å²) >= 11 is 0. The van der Waals surface area contributed by atoms with Gasteiger partial charge in [-0.1, -0.05) is 62.8 Å². The maximum atomic E-state index is 14.9. The molecule has 0 unspecified atom stereocenters. The largest absolute Gasteiger partial charge is 0.489 e. The molecule has 178 valence electrons. The lowest BCUT2D eigenvalue weighted by Crippen LogP contribution is -2.13. The smallest absolute Gasteiger partial charge is 0.166 e. The van der Waals surface area contributed by atoms with E-state index in [0.717, 1.165) is 25.7 Å². The zero-order valence-corrected chi connectivity index (χ0v) is 19.3. The second-order valence-electron chi connectivity index (χ2n) is 8.96. The molecule has 4 rings (SSSR count). The predicted octanol–water partition coefficient (Wildman–Crippen LogP) is 8.21. The van der Waals surface area contributed by atoms with Gasteiger partial charge in [-0.2, -0.15) is 0 Å². The number of ether oxygens (including phenoxy) is 2. The van der Waals surface area contributed by atoms with Gasteiger partial charge in [-0.15, -0.1) is 0 Å². The minimum atomic E-state index is -0.806. The topological polar surface area (TPSA) is 18.5 Å². The van der Waals surface area contributed by atoms with Crippen LogP contribution in [0.1, 0.15) is 49.7 Å². The average molecular weight is 467 g/mol. The number of hydrogen-bond donors (Lipinski definition) is 0. The van der Waals surface area contributed by atoms with Gasteiger partial charge >= 0.3 is 0 Å². The molecule has 0 atom stereocenters. The Balaban J connectivity index is 1.42. The van der Waals surface area contributed by atoms with Gasteiger partial charge in [-0.25, -0.2) is 13.2 Å². The van der Waals surface area contributed by atoms with Crippen molar-refractivity contribution in [3.05, 3.63) is 95.8 Å². The molecule has 3 aromatic rings. The molecule has 0 radical (unpaired) electrons. The van der Waals surface area contributed by atoms with Crippen molar-refractivity contribution in [3.8, 4) is 22.6 Å². The van der Waals surface area contributed by atoms with Crippen LogP contribution in [-0.2, 0) is 6.61 Å². The van der Waals surface area contributed by atoms with Crippen LogP contribution in [0.2, 0.25) is 0 Å². The highest BCUT2D eigenvalue weighted by molar-refractivity contribution is 5.65. The standard InChI is InChI=1S/C29H29F3O2/c1-3-16-33-27-15-6-20(17-26(27)30)18-34-23-11-9-22(10-12-23)25-14-13-24(28(31)29(25)32)21-7-4-19(2)5-8-21/h3,6,9-15,17,19,21H,1,4-5,7-8,16,18H2,2H3. The van der Waals surface area contributed by atoms with Crippen molar-refractivity contribution >= 4 is 0 Å². The van der Waals surface area contributed by atoms with Crippen LogP contribution in [0.4, 0.5) is 13.2 Å². The Bertz CT molecular complexity index is 1130. The normalized spacial score (nSPS) is 17.9. The van der Waals surface area contributed by atoms with E-state index in [1.165, 1.54) is 6.07 Å². The first-order valence-corrected chi connectivity index (χ1v) is 11.7. The first kappa shape index (κ1) is 23.9. The SMILES string of the molecule is C=CCOc1ccc(COc2ccc(-c3ccc(C4CCC(C)CC4)c(F)c3F)cc2)cc1F. The molecule has 5 heteroatoms. The van der Waals surface area contributed by atoms with Crippen molar-refractivity contribution in [2.75, 3.05) is 6.61 Å². The molecule has 2 nitrogen and oxygen atoms in total. The van der Waals surface area contributed by atoms with Gasteiger partial charge < -0.3 is 9.47 Å². The van der Waals surface area contributed by atoms with E-state index in [0.29, 0.717) is 28.4 Å². The van der Waals surface area contributed by atoms with Crippen LogP contribution >= 0.6 is 0 Å². The monoisotopic (exact) mass is 466 g/mol. The molecule has 0 aromatic heterocycles. The van der Waals surface area contributed by atoms with Gasteiger partial charge in [-0.3, -0.25) is 0 Å². The second-order valence-corrected chi connectivity index (χ2v) is 8.96. The van der Waals surface area contributed by atoms with Gasteiger partial charge in [0.15, 0.2) is 23.2 Å². The second kappa shape index (κ2) is 10.8. The minimum Gasteiger partial charge on any atom is -0.489 e. The molecule has 1 aliphatic rings. The summed E-state index contributed by atoms with van der Waals surface area (Å²) in [6.07, 6.45) is 5.45. The Kier molecular flexibility index (Phi) is 7.61. The molecular weight excluding hydrogens is 437 g/mol. The van der Waals surface area contributed by atoms with Crippen LogP contribution in [-0.4, -0.2) is 6.61 Å². The highest BCUT2D eigenvalue weighted by Gasteiger charge is 2.25. The number of halogens is 3. The molecule has 34 heavy (non-hydrogen) atoms. The lowest BCUT2D eigenvalue weighted by molar-refractivity contribution is 0.304. The van der Waals surface area contributed by atoms with Crippen LogP contribution in [0, 0.1) is 23.4 Å². The van der Waals surface area contributed by atoms with Gasteiger partial charge in [0.1, 0.15) is 19.0 Å². The Morgan fingerprint density at radius 2 is 1.62 bits per heavy atom. The fraction of sp³-hybridized carbons (Fsp3) is 0.310. The van der Waals surface area contributed by atoms with E-state index < -0.39 is 17.5 Å². The quantitative estimate of drug-likeness (QED) is 0.312. The molecular formula is C29H29F3O2. The summed E-state index contributed by atoms with van der Waals surface area (Å²) in [6.45, 7) is 6.14. The molecule has 0 N–H and O–H groups in total. The Labute approximate surface area is 199 Å². The van der Waals surface area contributed by atoms with Crippen molar-refractivity contribution in [1.29, 1.82) is 0 Å². The Morgan fingerprint density at radius 3 is 2.29 bits per heavy atom. The van der Waals surface area contributed by atoms with E-state index in [1.54, 1.807) is 54.6 Å². The average Bonchev–Trinajstić information content (AvgIpc) is 2.85. The summed E-state index contributed by atoms with van der Waals surface area (Å²) in [5.41, 5.74) is 1.94. The zero-order valence-electron chi connectivity index (χ0n) is 19.3. The first-order chi connectivity index (χ1) is 16.5. The number of hydrogen-bond acceptors (Lipinski definition) is 2. The summed E-state index contributed by atoms with van der Waals surface area (Å²) < 4.78 is 54.9. The van der Waals surface area contributed by atoms with Gasteiger partial charge in [0.2, 0.25) is 0 Å². The van der Waals surface area contributed by atoms with Crippen molar-refractivity contribution in [3.63, 3.8) is 0 Å². The minimum absolute atomic E-state index is 0.0861. The fourth-order valence-corrected chi connectivity index (χ4v) is 4.47. The lowest BCUT2D eigenvalue weighted by Gasteiger charge is -2.27. The molecule has 0 aliphatic heterocycles. The molecule has 1 aliphatic carbocycles. The molecule has 0 saturated heterocycles. The molecule has 1 fully saturated rings. The Morgan fingerprint density at radius 1 is 0.882 bits per heavy atom. The van der Waals surface area contributed by atoms with Crippen LogP contribution in [0.3, 0.4) is 0 Å². The molecule has 0 bridgehead atoms. The third-order valence-corrected chi connectivity index (χ3v) is 6.49. The summed E-state index contributed by atoms with van der Waals surface area (Å²) in [4.78, 5) is 0.